The fraction of sp³-hybridized carbons (Fsp3) is 0.304. The quantitative estimate of drug-likeness (QED) is 0.687. The first kappa shape index (κ1) is 22.6. The number of benzene rings is 2. The zero-order chi connectivity index (χ0) is 23.8. The number of hydrogen-bond acceptors (Lipinski definition) is 5. The Morgan fingerprint density at radius 1 is 1.24 bits per heavy atom. The second-order valence-corrected chi connectivity index (χ2v) is 8.39. The maximum absolute atomic E-state index is 14.8. The molecule has 0 N–H and O–H groups in total. The summed E-state index contributed by atoms with van der Waals surface area (Å²) in [5.41, 5.74) is -0.614. The van der Waals surface area contributed by atoms with Crippen molar-refractivity contribution in [2.24, 2.45) is 0 Å². The van der Waals surface area contributed by atoms with Gasteiger partial charge in [-0.3, -0.25) is 14.5 Å². The topological polar surface area (TPSA) is 94.0 Å². The molecule has 4 rings (SSSR count). The van der Waals surface area contributed by atoms with Crippen LogP contribution in [0.2, 0.25) is 5.02 Å². The van der Waals surface area contributed by atoms with Gasteiger partial charge in [0, 0.05) is 18.1 Å². The van der Waals surface area contributed by atoms with Gasteiger partial charge in [-0.2, -0.15) is 5.26 Å². The SMILES string of the molecule is COC(=O)N1CC[C@]2(C1)C(=O)N(c1ccc(C#N)cc1F)CC(=O)N2Cc1ccc(Cl)cc1. The minimum Gasteiger partial charge on any atom is -0.453 e. The van der Waals surface area contributed by atoms with E-state index in [1.807, 2.05) is 6.07 Å². The van der Waals surface area contributed by atoms with Gasteiger partial charge in [0.25, 0.3) is 5.91 Å². The van der Waals surface area contributed by atoms with E-state index in [4.69, 9.17) is 21.6 Å². The number of piperazine rings is 1. The molecule has 1 atom stereocenters. The van der Waals surface area contributed by atoms with Crippen molar-refractivity contribution in [1.82, 2.24) is 9.80 Å². The number of carbonyl (C=O) groups is 3. The fourth-order valence-electron chi connectivity index (χ4n) is 4.37. The highest BCUT2D eigenvalue weighted by Gasteiger charge is 2.57. The number of likely N-dealkylation sites (tertiary alicyclic amines) is 1. The summed E-state index contributed by atoms with van der Waals surface area (Å²) in [5, 5.41) is 9.54. The monoisotopic (exact) mass is 470 g/mol. The van der Waals surface area contributed by atoms with E-state index < -0.39 is 23.4 Å². The van der Waals surface area contributed by atoms with Crippen LogP contribution in [0.3, 0.4) is 0 Å². The van der Waals surface area contributed by atoms with E-state index in [1.165, 1.54) is 29.0 Å². The minimum atomic E-state index is -1.39. The van der Waals surface area contributed by atoms with Crippen LogP contribution in [0.1, 0.15) is 17.5 Å². The molecule has 0 aliphatic carbocycles. The summed E-state index contributed by atoms with van der Waals surface area (Å²) in [4.78, 5) is 43.2. The molecule has 2 aliphatic heterocycles. The number of nitrogens with zero attached hydrogens (tertiary/aromatic N) is 4. The number of amides is 3. The molecular weight excluding hydrogens is 451 g/mol. The van der Waals surface area contributed by atoms with Crippen molar-refractivity contribution in [2.75, 3.05) is 31.6 Å². The van der Waals surface area contributed by atoms with E-state index in [0.29, 0.717) is 5.02 Å². The van der Waals surface area contributed by atoms with Crippen LogP contribution in [0.15, 0.2) is 42.5 Å². The molecule has 0 radical (unpaired) electrons. The fourth-order valence-corrected chi connectivity index (χ4v) is 4.50. The maximum Gasteiger partial charge on any atom is 0.409 e. The molecule has 2 saturated heterocycles. The zero-order valence-electron chi connectivity index (χ0n) is 17.8. The summed E-state index contributed by atoms with van der Waals surface area (Å²) >= 11 is 5.97. The molecule has 0 bridgehead atoms. The molecule has 0 aromatic heterocycles. The molecule has 0 unspecified atom stereocenters. The van der Waals surface area contributed by atoms with Gasteiger partial charge in [0.15, 0.2) is 0 Å². The van der Waals surface area contributed by atoms with Crippen LogP contribution in [0, 0.1) is 17.1 Å². The van der Waals surface area contributed by atoms with Crippen molar-refractivity contribution in [2.45, 2.75) is 18.5 Å². The normalized spacial score (nSPS) is 20.4. The number of nitriles is 1. The Kier molecular flexibility index (Phi) is 5.95. The van der Waals surface area contributed by atoms with Gasteiger partial charge in [0.1, 0.15) is 17.9 Å². The van der Waals surface area contributed by atoms with E-state index in [2.05, 4.69) is 0 Å². The number of methoxy groups -OCH3 is 1. The summed E-state index contributed by atoms with van der Waals surface area (Å²) in [5.74, 6) is -1.66. The van der Waals surface area contributed by atoms with Gasteiger partial charge in [-0.25, -0.2) is 9.18 Å². The Balaban J connectivity index is 1.74. The smallest absolute Gasteiger partial charge is 0.409 e. The Bertz CT molecular complexity index is 1170. The van der Waals surface area contributed by atoms with Crippen molar-refractivity contribution in [3.63, 3.8) is 0 Å². The van der Waals surface area contributed by atoms with E-state index in [9.17, 15) is 18.8 Å². The summed E-state index contributed by atoms with van der Waals surface area (Å²) in [6.07, 6.45) is -0.436. The number of anilines is 1. The summed E-state index contributed by atoms with van der Waals surface area (Å²) in [6, 6.07) is 12.5. The van der Waals surface area contributed by atoms with Crippen LogP contribution >= 0.6 is 11.6 Å². The first-order chi connectivity index (χ1) is 15.8. The number of rotatable bonds is 3. The van der Waals surface area contributed by atoms with E-state index in [0.717, 1.165) is 16.5 Å². The predicted octanol–water partition coefficient (Wildman–Crippen LogP) is 2.94. The number of hydrogen-bond donors (Lipinski definition) is 0. The first-order valence-corrected chi connectivity index (χ1v) is 10.6. The third-order valence-electron chi connectivity index (χ3n) is 6.06. The highest BCUT2D eigenvalue weighted by Crippen LogP contribution is 2.37. The van der Waals surface area contributed by atoms with Crippen LogP contribution in [-0.4, -0.2) is 60.0 Å². The van der Waals surface area contributed by atoms with E-state index >= 15 is 0 Å². The highest BCUT2D eigenvalue weighted by atomic mass is 35.5. The Morgan fingerprint density at radius 3 is 2.61 bits per heavy atom. The number of ether oxygens (including phenoxy) is 1. The Hall–Kier alpha value is -3.64. The largest absolute Gasteiger partial charge is 0.453 e. The molecule has 170 valence electrons. The molecule has 2 aliphatic rings. The lowest BCUT2D eigenvalue weighted by molar-refractivity contribution is -0.151. The second kappa shape index (κ2) is 8.71. The van der Waals surface area contributed by atoms with Crippen molar-refractivity contribution in [3.8, 4) is 6.07 Å². The molecule has 8 nitrogen and oxygen atoms in total. The van der Waals surface area contributed by atoms with E-state index in [1.54, 1.807) is 24.3 Å². The lowest BCUT2D eigenvalue weighted by Gasteiger charge is -2.47. The molecule has 2 aromatic carbocycles. The zero-order valence-corrected chi connectivity index (χ0v) is 18.5. The number of carbonyl (C=O) groups excluding carboxylic acids is 3. The van der Waals surface area contributed by atoms with Gasteiger partial charge >= 0.3 is 6.09 Å². The van der Waals surface area contributed by atoms with Crippen LogP contribution in [-0.2, 0) is 20.9 Å². The van der Waals surface area contributed by atoms with Crippen molar-refractivity contribution in [1.29, 1.82) is 5.26 Å². The molecule has 2 heterocycles. The molecular formula is C23H20ClFN4O4. The van der Waals surface area contributed by atoms with Crippen molar-refractivity contribution < 1.29 is 23.5 Å². The highest BCUT2D eigenvalue weighted by molar-refractivity contribution is 6.30. The van der Waals surface area contributed by atoms with E-state index in [-0.39, 0.29) is 49.8 Å². The van der Waals surface area contributed by atoms with Gasteiger partial charge in [0.05, 0.1) is 31.0 Å². The summed E-state index contributed by atoms with van der Waals surface area (Å²) in [7, 11) is 1.24. The molecule has 2 aromatic rings. The lowest BCUT2D eigenvalue weighted by Crippen LogP contribution is -2.69. The molecule has 0 saturated carbocycles. The van der Waals surface area contributed by atoms with Crippen LogP contribution in [0.4, 0.5) is 14.9 Å². The van der Waals surface area contributed by atoms with Crippen LogP contribution in [0.5, 0.6) is 0 Å². The third kappa shape index (κ3) is 3.98. The lowest BCUT2D eigenvalue weighted by atomic mass is 9.90. The van der Waals surface area contributed by atoms with Gasteiger partial charge < -0.3 is 14.5 Å². The molecule has 33 heavy (non-hydrogen) atoms. The van der Waals surface area contributed by atoms with Crippen molar-refractivity contribution >= 4 is 35.2 Å². The summed E-state index contributed by atoms with van der Waals surface area (Å²) < 4.78 is 19.6. The molecule has 3 amide bonds. The van der Waals surface area contributed by atoms with Crippen molar-refractivity contribution in [3.05, 3.63) is 64.4 Å². The predicted molar refractivity (Wildman–Crippen MR) is 117 cm³/mol. The maximum atomic E-state index is 14.8. The third-order valence-corrected chi connectivity index (χ3v) is 6.31. The van der Waals surface area contributed by atoms with Gasteiger partial charge in [-0.1, -0.05) is 23.7 Å². The molecule has 10 heteroatoms. The number of halogens is 2. The average molecular weight is 471 g/mol. The minimum absolute atomic E-state index is 0.0771. The van der Waals surface area contributed by atoms with Gasteiger partial charge in [0.2, 0.25) is 5.91 Å². The Labute approximate surface area is 194 Å². The summed E-state index contributed by atoms with van der Waals surface area (Å²) in [6.45, 7) is -0.117. The Morgan fingerprint density at radius 2 is 1.97 bits per heavy atom. The average Bonchev–Trinajstić information content (AvgIpc) is 3.26. The second-order valence-electron chi connectivity index (χ2n) is 7.95. The van der Waals surface area contributed by atoms with Crippen LogP contribution in [0.25, 0.3) is 0 Å². The molecule has 1 spiro atoms. The molecule has 2 fully saturated rings. The first-order valence-electron chi connectivity index (χ1n) is 10.2. The standard InChI is InChI=1S/C23H20ClFN4O4/c1-33-22(32)27-9-8-23(14-27)21(31)28(19-7-4-16(11-26)10-18(19)25)13-20(30)29(23)12-15-2-5-17(24)6-3-15/h2-7,10H,8-9,12-14H2,1H3/t23-/m0/s1. The van der Waals surface area contributed by atoms with Gasteiger partial charge in [-0.15, -0.1) is 0 Å². The van der Waals surface area contributed by atoms with Gasteiger partial charge in [-0.05, 0) is 42.3 Å². The van der Waals surface area contributed by atoms with Crippen LogP contribution < -0.4 is 4.90 Å².